The summed E-state index contributed by atoms with van der Waals surface area (Å²) in [5.41, 5.74) is 20.6. The van der Waals surface area contributed by atoms with E-state index in [0.29, 0.717) is 17.5 Å². The van der Waals surface area contributed by atoms with Crippen molar-refractivity contribution >= 4 is 32.9 Å². The van der Waals surface area contributed by atoms with E-state index < -0.39 is 0 Å². The molecule has 2 atom stereocenters. The predicted octanol–water partition coefficient (Wildman–Crippen LogP) is 19.9. The Balaban J connectivity index is 0.821. The average molecular weight is 1030 g/mol. The van der Waals surface area contributed by atoms with Crippen LogP contribution in [0.4, 0.5) is 11.4 Å². The van der Waals surface area contributed by atoms with Gasteiger partial charge in [-0.1, -0.05) is 249 Å². The highest BCUT2D eigenvalue weighted by atomic mass is 15.2. The van der Waals surface area contributed by atoms with Crippen molar-refractivity contribution in [3.05, 3.63) is 309 Å². The average Bonchev–Trinajstić information content (AvgIpc) is 4.16. The number of rotatable bonds is 10. The Bertz CT molecular complexity index is 4610. The Kier molecular flexibility index (Phi) is 12.0. The van der Waals surface area contributed by atoms with E-state index in [1.807, 2.05) is 0 Å². The molecule has 15 rings (SSSR count). The van der Waals surface area contributed by atoms with Crippen molar-refractivity contribution in [1.29, 1.82) is 0 Å². The van der Waals surface area contributed by atoms with E-state index in [4.69, 9.17) is 15.0 Å². The highest BCUT2D eigenvalue weighted by Gasteiger charge is 2.37. The molecule has 0 spiro atoms. The first kappa shape index (κ1) is 47.6. The van der Waals surface area contributed by atoms with Crippen LogP contribution in [0.3, 0.4) is 0 Å². The van der Waals surface area contributed by atoms with E-state index in [1.54, 1.807) is 0 Å². The maximum atomic E-state index is 5.42. The van der Waals surface area contributed by atoms with Gasteiger partial charge in [0.15, 0.2) is 17.5 Å². The van der Waals surface area contributed by atoms with Gasteiger partial charge in [0, 0.05) is 34.0 Å². The molecule has 4 nitrogen and oxygen atoms in total. The second-order valence-corrected chi connectivity index (χ2v) is 21.1. The number of hydrogen-bond acceptors (Lipinski definition) is 4. The van der Waals surface area contributed by atoms with E-state index in [1.165, 1.54) is 55.8 Å². The standard InChI is InChI=1S/C77H52N4/c1-3-18-51(19-4-1)53-22-11-24-55(44-53)57-26-13-27-58(46-57)60-40-41-62-49-65(43-42-61(62)47-60)76-78-75(64-30-15-31-66(50-64)81-73-38-9-7-32-70(73)71-33-8-10-39-74(71)81)79-77(80-76)72-37-17-35-68-67(34-16-36-69(68)72)63-29-14-28-59(48-63)56-25-12-23-54(45-56)52-20-5-2-6-21-52/h1-50,70,73H. The van der Waals surface area contributed by atoms with Crippen molar-refractivity contribution in [3.8, 4) is 101 Å². The lowest BCUT2D eigenvalue weighted by atomic mass is 9.91. The Hall–Kier alpha value is -10.6. The van der Waals surface area contributed by atoms with Crippen molar-refractivity contribution in [2.75, 3.05) is 4.90 Å². The number of benzene rings is 12. The van der Waals surface area contributed by atoms with Gasteiger partial charge >= 0.3 is 0 Å². The third kappa shape index (κ3) is 8.99. The van der Waals surface area contributed by atoms with Crippen molar-refractivity contribution in [2.24, 2.45) is 0 Å². The number of anilines is 2. The predicted molar refractivity (Wildman–Crippen MR) is 337 cm³/mol. The van der Waals surface area contributed by atoms with Crippen molar-refractivity contribution < 1.29 is 0 Å². The zero-order valence-electron chi connectivity index (χ0n) is 44.3. The molecule has 0 amide bonds. The van der Waals surface area contributed by atoms with Crippen LogP contribution in [-0.2, 0) is 0 Å². The minimum atomic E-state index is 0.163. The molecule has 81 heavy (non-hydrogen) atoms. The minimum Gasteiger partial charge on any atom is -0.333 e. The molecule has 0 bridgehead atoms. The van der Waals surface area contributed by atoms with Crippen LogP contribution in [0, 0.1) is 0 Å². The molecule has 0 N–H and O–H groups in total. The first-order valence-corrected chi connectivity index (χ1v) is 27.8. The van der Waals surface area contributed by atoms with Gasteiger partial charge in [-0.05, 0) is 148 Å². The number of aromatic nitrogens is 3. The highest BCUT2D eigenvalue weighted by Crippen LogP contribution is 2.48. The van der Waals surface area contributed by atoms with Crippen LogP contribution in [0.1, 0.15) is 11.5 Å². The number of para-hydroxylation sites is 1. The lowest BCUT2D eigenvalue weighted by molar-refractivity contribution is 0.745. The van der Waals surface area contributed by atoms with E-state index in [-0.39, 0.29) is 12.0 Å². The fourth-order valence-corrected chi connectivity index (χ4v) is 12.2. The summed E-state index contributed by atoms with van der Waals surface area (Å²) in [5.74, 6) is 2.11. The summed E-state index contributed by atoms with van der Waals surface area (Å²) in [6, 6.07) is 101. The van der Waals surface area contributed by atoms with Crippen LogP contribution in [0.2, 0.25) is 0 Å². The van der Waals surface area contributed by atoms with Crippen LogP contribution < -0.4 is 4.90 Å². The molecule has 12 aromatic carbocycles. The molecule has 2 heterocycles. The van der Waals surface area contributed by atoms with Gasteiger partial charge in [0.2, 0.25) is 0 Å². The summed E-state index contributed by atoms with van der Waals surface area (Å²) in [7, 11) is 0. The molecule has 13 aromatic rings. The fraction of sp³-hybridized carbons (Fsp3) is 0.0260. The van der Waals surface area contributed by atoms with Crippen LogP contribution in [0.25, 0.3) is 122 Å². The Labute approximate surface area is 472 Å². The third-order valence-corrected chi connectivity index (χ3v) is 16.2. The molecule has 0 saturated carbocycles. The van der Waals surface area contributed by atoms with Crippen LogP contribution in [-0.4, -0.2) is 21.0 Å². The second kappa shape index (κ2) is 20.4. The Morgan fingerprint density at radius 1 is 0.272 bits per heavy atom. The molecule has 2 aliphatic rings. The Morgan fingerprint density at radius 3 is 1.32 bits per heavy atom. The molecule has 2 unspecified atom stereocenters. The lowest BCUT2D eigenvalue weighted by Crippen LogP contribution is -2.28. The maximum absolute atomic E-state index is 5.42. The molecule has 0 fully saturated rings. The topological polar surface area (TPSA) is 41.9 Å². The van der Waals surface area contributed by atoms with Crippen LogP contribution in [0.5, 0.6) is 0 Å². The summed E-state index contributed by atoms with van der Waals surface area (Å²) >= 11 is 0. The van der Waals surface area contributed by atoms with Gasteiger partial charge in [-0.25, -0.2) is 15.0 Å². The number of allylic oxidation sites excluding steroid dienone is 2. The van der Waals surface area contributed by atoms with E-state index in [2.05, 4.69) is 308 Å². The number of hydrogen-bond donors (Lipinski definition) is 0. The van der Waals surface area contributed by atoms with E-state index in [0.717, 1.165) is 66.2 Å². The van der Waals surface area contributed by atoms with Crippen molar-refractivity contribution in [3.63, 3.8) is 0 Å². The third-order valence-electron chi connectivity index (χ3n) is 16.2. The van der Waals surface area contributed by atoms with Crippen molar-refractivity contribution in [1.82, 2.24) is 15.0 Å². The zero-order valence-corrected chi connectivity index (χ0v) is 44.3. The normalized spacial score (nSPS) is 14.3. The quantitative estimate of drug-likeness (QED) is 0.137. The van der Waals surface area contributed by atoms with Gasteiger partial charge in [0.25, 0.3) is 0 Å². The summed E-state index contributed by atoms with van der Waals surface area (Å²) in [5, 5.41) is 4.44. The molecule has 1 aliphatic carbocycles. The molecular weight excluding hydrogens is 981 g/mol. The summed E-state index contributed by atoms with van der Waals surface area (Å²) in [6.45, 7) is 0. The van der Waals surface area contributed by atoms with Crippen molar-refractivity contribution in [2.45, 2.75) is 12.0 Å². The second-order valence-electron chi connectivity index (χ2n) is 21.1. The summed E-state index contributed by atoms with van der Waals surface area (Å²) in [4.78, 5) is 18.7. The van der Waals surface area contributed by atoms with Crippen LogP contribution in [0.15, 0.2) is 303 Å². The highest BCUT2D eigenvalue weighted by molar-refractivity contribution is 6.04. The SMILES string of the molecule is C1=CC2c3ccccc3N(c3cccc(-c4nc(-c5ccc6cc(-c7cccc(-c8cccc(-c9ccccc9)c8)c7)ccc6c5)nc(-c5cccc6c(-c7cccc(-c8cccc(-c9ccccc9)c8)c7)cccc56)n4)c3)C2C=C1. The van der Waals surface area contributed by atoms with Gasteiger partial charge in [-0.2, -0.15) is 0 Å². The number of fused-ring (bicyclic) bond motifs is 5. The minimum absolute atomic E-state index is 0.163. The van der Waals surface area contributed by atoms with E-state index in [9.17, 15) is 0 Å². The molecule has 380 valence electrons. The molecule has 1 aliphatic heterocycles. The van der Waals surface area contributed by atoms with E-state index >= 15 is 0 Å². The van der Waals surface area contributed by atoms with Gasteiger partial charge in [-0.3, -0.25) is 0 Å². The van der Waals surface area contributed by atoms with Crippen LogP contribution >= 0.6 is 0 Å². The van der Waals surface area contributed by atoms with Gasteiger partial charge in [0.05, 0.1) is 6.04 Å². The smallest absolute Gasteiger partial charge is 0.164 e. The van der Waals surface area contributed by atoms with Gasteiger partial charge < -0.3 is 4.90 Å². The zero-order chi connectivity index (χ0) is 53.6. The Morgan fingerprint density at radius 2 is 0.691 bits per heavy atom. The lowest BCUT2D eigenvalue weighted by Gasteiger charge is -2.29. The van der Waals surface area contributed by atoms with Gasteiger partial charge in [-0.15, -0.1) is 0 Å². The molecule has 4 heteroatoms. The molecule has 1 aromatic heterocycles. The maximum Gasteiger partial charge on any atom is 0.164 e. The first-order chi connectivity index (χ1) is 40.1. The molecule has 0 radical (unpaired) electrons. The summed E-state index contributed by atoms with van der Waals surface area (Å²) < 4.78 is 0. The van der Waals surface area contributed by atoms with Gasteiger partial charge in [0.1, 0.15) is 0 Å². The summed E-state index contributed by atoms with van der Waals surface area (Å²) in [6.07, 6.45) is 8.98. The first-order valence-electron chi connectivity index (χ1n) is 27.8. The fourth-order valence-electron chi connectivity index (χ4n) is 12.2. The number of nitrogens with zero attached hydrogens (tertiary/aromatic N) is 4. The molecule has 0 saturated heterocycles. The monoisotopic (exact) mass is 1030 g/mol. The largest absolute Gasteiger partial charge is 0.333 e. The molecular formula is C77H52N4.